The van der Waals surface area contributed by atoms with Crippen LogP contribution in [0, 0.1) is 22.7 Å². The third-order valence-corrected chi connectivity index (χ3v) is 9.98. The van der Waals surface area contributed by atoms with Gasteiger partial charge in [-0.3, -0.25) is 18.6 Å². The van der Waals surface area contributed by atoms with E-state index in [1.165, 1.54) is 0 Å². The van der Waals surface area contributed by atoms with Crippen LogP contribution in [0.25, 0.3) is 0 Å². The van der Waals surface area contributed by atoms with Gasteiger partial charge in [0.15, 0.2) is 0 Å². The second-order valence-electron chi connectivity index (χ2n) is 12.9. The summed E-state index contributed by atoms with van der Waals surface area (Å²) in [5.74, 6) is 0.591. The quantitative estimate of drug-likeness (QED) is 0.442. The first kappa shape index (κ1) is 31.1. The van der Waals surface area contributed by atoms with E-state index in [0.29, 0.717) is 72.5 Å². The summed E-state index contributed by atoms with van der Waals surface area (Å²) in [5, 5.41) is 19.2. The molecule has 2 aromatic carbocycles. The van der Waals surface area contributed by atoms with Gasteiger partial charge in [-0.1, -0.05) is 0 Å². The molecule has 2 fully saturated rings. The molecular formula is C32H35N4O8P. The minimum absolute atomic E-state index is 0.146. The average molecular weight is 635 g/mol. The van der Waals surface area contributed by atoms with E-state index in [1.807, 2.05) is 0 Å². The molecule has 2 saturated heterocycles. The molecule has 2 amide bonds. The number of benzene rings is 2. The number of carbonyl (C=O) groups excluding carboxylic acids is 2. The smallest absolute Gasteiger partial charge is 0.473 e. The normalized spacial score (nSPS) is 27.8. The Hall–Kier alpha value is -3.93. The largest absolute Gasteiger partial charge is 0.485 e. The van der Waals surface area contributed by atoms with E-state index < -0.39 is 43.3 Å². The van der Waals surface area contributed by atoms with Crippen LogP contribution in [0.4, 0.5) is 0 Å². The Morgan fingerprint density at radius 3 is 1.53 bits per heavy atom. The van der Waals surface area contributed by atoms with Gasteiger partial charge in [-0.25, -0.2) is 4.57 Å². The van der Waals surface area contributed by atoms with Crippen LogP contribution in [0.1, 0.15) is 87.7 Å². The molecule has 4 aliphatic heterocycles. The Balaban J connectivity index is 1.40. The summed E-state index contributed by atoms with van der Waals surface area (Å²) in [6, 6.07) is 12.3. The maximum Gasteiger partial charge on any atom is 0.473 e. The highest BCUT2D eigenvalue weighted by Gasteiger charge is 2.56. The number of ether oxygens (including phenoxy) is 2. The number of amides is 2. The monoisotopic (exact) mass is 634 g/mol. The molecule has 0 aromatic heterocycles. The molecule has 236 valence electrons. The first-order valence-electron chi connectivity index (χ1n) is 15.0. The number of phosphoric acid groups is 1. The molecule has 1 N–H and O–H groups in total. The molecule has 0 radical (unpaired) electrons. The maximum absolute atomic E-state index is 14.2. The molecule has 12 nitrogen and oxygen atoms in total. The van der Waals surface area contributed by atoms with Gasteiger partial charge >= 0.3 is 7.82 Å². The van der Waals surface area contributed by atoms with Gasteiger partial charge < -0.3 is 24.2 Å². The summed E-state index contributed by atoms with van der Waals surface area (Å²) < 4.78 is 38.8. The minimum atomic E-state index is -5.01. The lowest BCUT2D eigenvalue weighted by Gasteiger charge is -2.49. The number of fused-ring (bicyclic) bond motifs is 2. The van der Waals surface area contributed by atoms with E-state index in [0.717, 1.165) is 0 Å². The highest BCUT2D eigenvalue weighted by atomic mass is 31.2. The van der Waals surface area contributed by atoms with Gasteiger partial charge in [-0.05, 0) is 76.9 Å². The van der Waals surface area contributed by atoms with Crippen molar-refractivity contribution in [2.45, 2.75) is 88.9 Å². The Kier molecular flexibility index (Phi) is 7.70. The van der Waals surface area contributed by atoms with Crippen LogP contribution in [0.3, 0.4) is 0 Å². The molecule has 5 atom stereocenters. The molecular weight excluding hydrogens is 599 g/mol. The van der Waals surface area contributed by atoms with Crippen LogP contribution in [0.2, 0.25) is 0 Å². The van der Waals surface area contributed by atoms with E-state index in [9.17, 15) is 29.6 Å². The molecule has 0 saturated carbocycles. The van der Waals surface area contributed by atoms with E-state index in [4.69, 9.17) is 18.5 Å². The fraction of sp³-hybridized carbons (Fsp3) is 0.500. The number of nitriles is 2. The van der Waals surface area contributed by atoms with Crippen LogP contribution in [0.5, 0.6) is 11.5 Å². The predicted octanol–water partition coefficient (Wildman–Crippen LogP) is 4.67. The molecule has 0 spiro atoms. The van der Waals surface area contributed by atoms with Gasteiger partial charge in [0.1, 0.15) is 34.9 Å². The van der Waals surface area contributed by atoms with Crippen LogP contribution in [-0.4, -0.2) is 63.0 Å². The lowest BCUT2D eigenvalue weighted by molar-refractivity contribution is -0.144. The number of phosphoric ester groups is 1. The maximum atomic E-state index is 14.2. The van der Waals surface area contributed by atoms with Crippen molar-refractivity contribution in [1.82, 2.24) is 9.80 Å². The average Bonchev–Trinajstić information content (AvgIpc) is 3.60. The zero-order valence-corrected chi connectivity index (χ0v) is 26.5. The molecule has 4 heterocycles. The standard InChI is InChI=1S/C32H35N4O8P/c1-31(2)29(27(35-13-5-7-25(35)37)21-15-19(17-33)9-11-23(21)41-31)43-45(39,40)44-30-28(36-14-6-8-26(36)38)22-16-20(18-34)10-12-24(22)42-32(30,3)4/h9-12,15-16,27-30H,5-8,13-14H2,1-4H3,(H,39,40)/t27-,28?,29-,30-/m0/s1. The molecule has 2 aromatic rings. The summed E-state index contributed by atoms with van der Waals surface area (Å²) in [7, 11) is -5.01. The highest BCUT2D eigenvalue weighted by molar-refractivity contribution is 7.47. The van der Waals surface area contributed by atoms with Crippen molar-refractivity contribution in [1.29, 1.82) is 10.5 Å². The number of hydrogen-bond acceptors (Lipinski definition) is 9. The Bertz CT molecular complexity index is 1580. The third kappa shape index (κ3) is 5.57. The molecule has 0 aliphatic carbocycles. The van der Waals surface area contributed by atoms with Crippen LogP contribution >= 0.6 is 7.82 Å². The van der Waals surface area contributed by atoms with Crippen molar-refractivity contribution in [2.24, 2.45) is 0 Å². The molecule has 2 unspecified atom stereocenters. The van der Waals surface area contributed by atoms with Gasteiger partial charge in [-0.2, -0.15) is 10.5 Å². The second-order valence-corrected chi connectivity index (χ2v) is 14.3. The first-order valence-corrected chi connectivity index (χ1v) is 16.5. The van der Waals surface area contributed by atoms with Crippen molar-refractivity contribution in [3.05, 3.63) is 58.7 Å². The van der Waals surface area contributed by atoms with Gasteiger partial charge in [0.2, 0.25) is 11.8 Å². The van der Waals surface area contributed by atoms with E-state index >= 15 is 0 Å². The zero-order chi connectivity index (χ0) is 32.3. The molecule has 45 heavy (non-hydrogen) atoms. The first-order chi connectivity index (χ1) is 21.2. The van der Waals surface area contributed by atoms with Gasteiger partial charge in [0.25, 0.3) is 0 Å². The van der Waals surface area contributed by atoms with Gasteiger partial charge in [0, 0.05) is 37.1 Å². The molecule has 0 bridgehead atoms. The number of hydrogen-bond donors (Lipinski definition) is 1. The topological polar surface area (TPSA) is 162 Å². The third-order valence-electron chi connectivity index (χ3n) is 8.99. The molecule has 13 heteroatoms. The Morgan fingerprint density at radius 1 is 0.800 bits per heavy atom. The summed E-state index contributed by atoms with van der Waals surface area (Å²) in [5.41, 5.74) is -0.765. The predicted molar refractivity (Wildman–Crippen MR) is 159 cm³/mol. The van der Waals surface area contributed by atoms with E-state index in [-0.39, 0.29) is 11.8 Å². The van der Waals surface area contributed by atoms with Crippen molar-refractivity contribution in [3.8, 4) is 23.6 Å². The second kappa shape index (κ2) is 11.1. The van der Waals surface area contributed by atoms with Crippen LogP contribution in [0.15, 0.2) is 36.4 Å². The lowest BCUT2D eigenvalue weighted by atomic mass is 9.85. The number of nitrogens with zero attached hydrogens (tertiary/aromatic N) is 4. The Morgan fingerprint density at radius 2 is 1.20 bits per heavy atom. The zero-order valence-electron chi connectivity index (χ0n) is 25.6. The number of rotatable bonds is 6. The summed E-state index contributed by atoms with van der Waals surface area (Å²) in [4.78, 5) is 40.9. The SMILES string of the molecule is CC1(C)Oc2ccc(C#N)cc2C(N2CCCC2=O)[C@@H]1OP(=O)(O)O[C@H]1[C@@H](N2CCCC2=O)c2cc(C#N)ccc2OC1(C)C. The highest BCUT2D eigenvalue weighted by Crippen LogP contribution is 2.58. The van der Waals surface area contributed by atoms with Gasteiger partial charge in [-0.15, -0.1) is 0 Å². The molecule has 4 aliphatic rings. The number of carbonyl (C=O) groups is 2. The summed E-state index contributed by atoms with van der Waals surface area (Å²) >= 11 is 0. The minimum Gasteiger partial charge on any atom is -0.485 e. The van der Waals surface area contributed by atoms with E-state index in [1.54, 1.807) is 73.9 Å². The summed E-state index contributed by atoms with van der Waals surface area (Å²) in [6.45, 7) is 7.59. The number of likely N-dealkylation sites (tertiary alicyclic amines) is 2. The van der Waals surface area contributed by atoms with Crippen molar-refractivity contribution in [3.63, 3.8) is 0 Å². The van der Waals surface area contributed by atoms with Crippen molar-refractivity contribution < 1.29 is 37.6 Å². The van der Waals surface area contributed by atoms with Crippen molar-refractivity contribution >= 4 is 19.6 Å². The molecule has 6 rings (SSSR count). The van der Waals surface area contributed by atoms with Crippen LogP contribution < -0.4 is 9.47 Å². The lowest BCUT2D eigenvalue weighted by Crippen LogP contribution is -2.56. The van der Waals surface area contributed by atoms with Crippen molar-refractivity contribution in [2.75, 3.05) is 13.1 Å². The van der Waals surface area contributed by atoms with Crippen LogP contribution in [-0.2, 0) is 23.2 Å². The van der Waals surface area contributed by atoms with Gasteiger partial charge in [0.05, 0.1) is 35.3 Å². The Labute approximate surface area is 261 Å². The summed E-state index contributed by atoms with van der Waals surface area (Å²) in [6.07, 6.45) is -0.536. The fourth-order valence-corrected chi connectivity index (χ4v) is 8.29. The van der Waals surface area contributed by atoms with E-state index in [2.05, 4.69) is 12.1 Å². The fourth-order valence-electron chi connectivity index (χ4n) is 6.92.